The van der Waals surface area contributed by atoms with Crippen LogP contribution in [0.4, 0.5) is 0 Å². The van der Waals surface area contributed by atoms with Gasteiger partial charge in [-0.3, -0.25) is 4.79 Å². The van der Waals surface area contributed by atoms with Crippen molar-refractivity contribution in [3.8, 4) is 0 Å². The number of carbonyl (C=O) groups excluding carboxylic acids is 1. The van der Waals surface area contributed by atoms with Crippen LogP contribution < -0.4 is 5.73 Å². The number of hydrogen-bond acceptors (Lipinski definition) is 4. The summed E-state index contributed by atoms with van der Waals surface area (Å²) in [6.45, 7) is 4.59. The first-order valence-corrected chi connectivity index (χ1v) is 7.35. The third-order valence-electron chi connectivity index (χ3n) is 4.16. The summed E-state index contributed by atoms with van der Waals surface area (Å²) in [6.07, 6.45) is 3.91. The number of hydrazone groups is 1. The Balaban J connectivity index is 2.19. The molecule has 0 radical (unpaired) electrons. The molecule has 1 aliphatic heterocycles. The van der Waals surface area contributed by atoms with Gasteiger partial charge < -0.3 is 10.8 Å². The molecule has 5 heteroatoms. The van der Waals surface area contributed by atoms with Gasteiger partial charge in [-0.2, -0.15) is 5.10 Å². The van der Waals surface area contributed by atoms with Gasteiger partial charge in [-0.25, -0.2) is 5.01 Å². The lowest BCUT2D eigenvalue weighted by atomic mass is 9.89. The molecule has 0 aromatic rings. The standard InChI is InChI=1S/C14H25N3O2/c1-9(2)13-10(7-8-15)14(19)17(16-13)11-5-3-4-6-12(11)18/h9-12,18H,3-8,15H2,1-2H3. The van der Waals surface area contributed by atoms with Crippen molar-refractivity contribution in [1.29, 1.82) is 0 Å². The quantitative estimate of drug-likeness (QED) is 0.801. The van der Waals surface area contributed by atoms with E-state index in [-0.39, 0.29) is 23.8 Å². The fraction of sp³-hybridized carbons (Fsp3) is 0.857. The second kappa shape index (κ2) is 6.01. The zero-order valence-corrected chi connectivity index (χ0v) is 11.9. The number of nitrogens with two attached hydrogens (primary N) is 1. The Morgan fingerprint density at radius 1 is 1.42 bits per heavy atom. The molecular weight excluding hydrogens is 242 g/mol. The van der Waals surface area contributed by atoms with Gasteiger partial charge in [-0.05, 0) is 31.7 Å². The van der Waals surface area contributed by atoms with E-state index in [1.165, 1.54) is 0 Å². The largest absolute Gasteiger partial charge is 0.391 e. The number of hydrogen-bond donors (Lipinski definition) is 2. The molecule has 1 amide bonds. The molecule has 2 rings (SSSR count). The highest BCUT2D eigenvalue weighted by atomic mass is 16.3. The molecule has 3 N–H and O–H groups in total. The van der Waals surface area contributed by atoms with E-state index >= 15 is 0 Å². The van der Waals surface area contributed by atoms with Crippen LogP contribution in [0.1, 0.15) is 46.0 Å². The maximum absolute atomic E-state index is 12.5. The molecular formula is C14H25N3O2. The molecule has 3 atom stereocenters. The van der Waals surface area contributed by atoms with E-state index < -0.39 is 6.10 Å². The molecule has 2 aliphatic rings. The van der Waals surface area contributed by atoms with E-state index in [2.05, 4.69) is 18.9 Å². The van der Waals surface area contributed by atoms with Crippen LogP contribution in [0.5, 0.6) is 0 Å². The number of amides is 1. The van der Waals surface area contributed by atoms with Crippen LogP contribution in [-0.2, 0) is 4.79 Å². The Bertz CT molecular complexity index is 368. The smallest absolute Gasteiger partial charge is 0.251 e. The minimum Gasteiger partial charge on any atom is -0.391 e. The molecule has 1 aliphatic carbocycles. The van der Waals surface area contributed by atoms with Crippen LogP contribution in [0.3, 0.4) is 0 Å². The summed E-state index contributed by atoms with van der Waals surface area (Å²) >= 11 is 0. The van der Waals surface area contributed by atoms with Gasteiger partial charge in [0.15, 0.2) is 0 Å². The summed E-state index contributed by atoms with van der Waals surface area (Å²) in [4.78, 5) is 12.5. The first-order valence-electron chi connectivity index (χ1n) is 7.35. The molecule has 0 spiro atoms. The molecule has 0 aromatic carbocycles. The molecule has 0 saturated heterocycles. The highest BCUT2D eigenvalue weighted by Gasteiger charge is 2.42. The predicted molar refractivity (Wildman–Crippen MR) is 74.5 cm³/mol. The predicted octanol–water partition coefficient (Wildman–Crippen LogP) is 1.11. The molecule has 108 valence electrons. The first kappa shape index (κ1) is 14.5. The second-order valence-electron chi connectivity index (χ2n) is 5.91. The van der Waals surface area contributed by atoms with Gasteiger partial charge in [0.2, 0.25) is 0 Å². The summed E-state index contributed by atoms with van der Waals surface area (Å²) < 4.78 is 0. The van der Waals surface area contributed by atoms with Gasteiger partial charge in [0.1, 0.15) is 0 Å². The van der Waals surface area contributed by atoms with Gasteiger partial charge in [-0.15, -0.1) is 0 Å². The van der Waals surface area contributed by atoms with Crippen molar-refractivity contribution < 1.29 is 9.90 Å². The lowest BCUT2D eigenvalue weighted by Gasteiger charge is -2.32. The van der Waals surface area contributed by atoms with E-state index in [9.17, 15) is 9.90 Å². The van der Waals surface area contributed by atoms with E-state index in [1.54, 1.807) is 5.01 Å². The topological polar surface area (TPSA) is 78.9 Å². The van der Waals surface area contributed by atoms with Gasteiger partial charge in [0.25, 0.3) is 5.91 Å². The average Bonchev–Trinajstić information content (AvgIpc) is 2.69. The van der Waals surface area contributed by atoms with Crippen molar-refractivity contribution in [2.45, 2.75) is 58.1 Å². The van der Waals surface area contributed by atoms with Crippen molar-refractivity contribution >= 4 is 11.6 Å². The molecule has 3 unspecified atom stereocenters. The van der Waals surface area contributed by atoms with E-state index in [0.29, 0.717) is 13.0 Å². The maximum atomic E-state index is 12.5. The number of aliphatic hydroxyl groups excluding tert-OH is 1. The molecule has 0 bridgehead atoms. The molecule has 19 heavy (non-hydrogen) atoms. The maximum Gasteiger partial charge on any atom is 0.251 e. The Kier molecular flexibility index (Phi) is 4.58. The van der Waals surface area contributed by atoms with Crippen molar-refractivity contribution in [3.63, 3.8) is 0 Å². The highest BCUT2D eigenvalue weighted by molar-refractivity contribution is 6.08. The van der Waals surface area contributed by atoms with E-state index in [0.717, 1.165) is 31.4 Å². The minimum absolute atomic E-state index is 0.0279. The van der Waals surface area contributed by atoms with Crippen molar-refractivity contribution in [3.05, 3.63) is 0 Å². The number of rotatable bonds is 4. The normalized spacial score (nSPS) is 32.1. The molecule has 1 saturated carbocycles. The summed E-state index contributed by atoms with van der Waals surface area (Å²) in [5.74, 6) is 0.0884. The molecule has 1 heterocycles. The number of aliphatic hydroxyl groups is 1. The third-order valence-corrected chi connectivity index (χ3v) is 4.16. The van der Waals surface area contributed by atoms with Crippen molar-refractivity contribution in [2.75, 3.05) is 6.54 Å². The van der Waals surface area contributed by atoms with Crippen LogP contribution in [-0.4, -0.2) is 40.4 Å². The molecule has 5 nitrogen and oxygen atoms in total. The summed E-state index contributed by atoms with van der Waals surface area (Å²) in [7, 11) is 0. The zero-order chi connectivity index (χ0) is 14.0. The lowest BCUT2D eigenvalue weighted by Crippen LogP contribution is -2.45. The van der Waals surface area contributed by atoms with Crippen LogP contribution in [0.15, 0.2) is 5.10 Å². The van der Waals surface area contributed by atoms with Gasteiger partial charge in [0, 0.05) is 0 Å². The molecule has 0 aromatic heterocycles. The van der Waals surface area contributed by atoms with Crippen LogP contribution in [0.25, 0.3) is 0 Å². The fourth-order valence-corrected chi connectivity index (χ4v) is 3.10. The third kappa shape index (κ3) is 2.82. The summed E-state index contributed by atoms with van der Waals surface area (Å²) in [5.41, 5.74) is 6.53. The first-order chi connectivity index (χ1) is 9.06. The SMILES string of the molecule is CC(C)C1=NN(C2CCCCC2O)C(=O)C1CCN. The Hall–Kier alpha value is -0.940. The lowest BCUT2D eigenvalue weighted by molar-refractivity contribution is -0.137. The Labute approximate surface area is 114 Å². The van der Waals surface area contributed by atoms with Gasteiger partial charge in [-0.1, -0.05) is 26.7 Å². The van der Waals surface area contributed by atoms with Crippen LogP contribution in [0.2, 0.25) is 0 Å². The van der Waals surface area contributed by atoms with E-state index in [1.807, 2.05) is 0 Å². The second-order valence-corrected chi connectivity index (χ2v) is 5.91. The van der Waals surface area contributed by atoms with Gasteiger partial charge >= 0.3 is 0 Å². The van der Waals surface area contributed by atoms with Gasteiger partial charge in [0.05, 0.1) is 23.8 Å². The Morgan fingerprint density at radius 2 is 2.11 bits per heavy atom. The van der Waals surface area contributed by atoms with Crippen LogP contribution in [0, 0.1) is 11.8 Å². The fourth-order valence-electron chi connectivity index (χ4n) is 3.10. The molecule has 1 fully saturated rings. The highest BCUT2D eigenvalue weighted by Crippen LogP contribution is 2.30. The summed E-state index contributed by atoms with van der Waals surface area (Å²) in [5, 5.41) is 16.2. The summed E-state index contributed by atoms with van der Waals surface area (Å²) in [6, 6.07) is -0.141. The minimum atomic E-state index is -0.438. The zero-order valence-electron chi connectivity index (χ0n) is 11.9. The van der Waals surface area contributed by atoms with Crippen molar-refractivity contribution in [1.82, 2.24) is 5.01 Å². The van der Waals surface area contributed by atoms with Crippen molar-refractivity contribution in [2.24, 2.45) is 22.7 Å². The number of carbonyl (C=O) groups is 1. The Morgan fingerprint density at radius 3 is 2.68 bits per heavy atom. The van der Waals surface area contributed by atoms with E-state index in [4.69, 9.17) is 5.73 Å². The monoisotopic (exact) mass is 267 g/mol. The number of nitrogens with zero attached hydrogens (tertiary/aromatic N) is 2. The van der Waals surface area contributed by atoms with Crippen LogP contribution >= 0.6 is 0 Å². The average molecular weight is 267 g/mol.